The fraction of sp³-hybridized carbons (Fsp3) is 0.667. The van der Waals surface area contributed by atoms with Gasteiger partial charge in [0, 0.05) is 12.3 Å². The van der Waals surface area contributed by atoms with E-state index in [0.29, 0.717) is 25.7 Å². The molecule has 1 heterocycles. The zero-order chi connectivity index (χ0) is 13.0. The lowest BCUT2D eigenvalue weighted by molar-refractivity contribution is 0.102. The van der Waals surface area contributed by atoms with Crippen LogP contribution < -0.4 is 5.69 Å². The first-order chi connectivity index (χ1) is 7.93. The van der Waals surface area contributed by atoms with Gasteiger partial charge in [0.2, 0.25) is 0 Å². The van der Waals surface area contributed by atoms with Gasteiger partial charge < -0.3 is 4.74 Å². The van der Waals surface area contributed by atoms with Crippen LogP contribution in [0.15, 0.2) is 9.27 Å². The molecule has 0 aliphatic rings. The number of hydrogen-bond acceptors (Lipinski definition) is 3. The van der Waals surface area contributed by atoms with Gasteiger partial charge in [-0.25, -0.2) is 4.79 Å². The first-order valence-corrected chi connectivity index (χ1v) is 6.54. The predicted octanol–water partition coefficient (Wildman–Crippen LogP) is 2.30. The highest BCUT2D eigenvalue weighted by atomic mass is 79.9. The molecule has 0 spiro atoms. The normalized spacial score (nSPS) is 11.2. The molecule has 1 rings (SSSR count). The molecule has 0 unspecified atom stereocenters. The Bertz CT molecular complexity index is 441. The molecule has 0 radical (unpaired) electrons. The van der Waals surface area contributed by atoms with E-state index in [1.165, 1.54) is 0 Å². The average Bonchev–Trinajstić information content (AvgIpc) is 2.24. The van der Waals surface area contributed by atoms with Gasteiger partial charge in [-0.1, -0.05) is 13.8 Å². The van der Waals surface area contributed by atoms with Crippen molar-refractivity contribution in [3.63, 3.8) is 0 Å². The second-order valence-electron chi connectivity index (χ2n) is 4.50. The third-order valence-corrected chi connectivity index (χ3v) is 3.59. The summed E-state index contributed by atoms with van der Waals surface area (Å²) in [6, 6.07) is 0. The Morgan fingerprint density at radius 2 is 2.06 bits per heavy atom. The average molecular weight is 303 g/mol. The number of aryl methyl sites for hydroxylation is 1. The van der Waals surface area contributed by atoms with E-state index in [2.05, 4.69) is 34.8 Å². The van der Waals surface area contributed by atoms with Crippen LogP contribution in [0.1, 0.15) is 25.2 Å². The van der Waals surface area contributed by atoms with Crippen LogP contribution in [0.25, 0.3) is 0 Å². The van der Waals surface area contributed by atoms with Crippen molar-refractivity contribution in [1.29, 1.82) is 0 Å². The van der Waals surface area contributed by atoms with Gasteiger partial charge in [-0.2, -0.15) is 4.98 Å². The van der Waals surface area contributed by atoms with Crippen molar-refractivity contribution >= 4 is 15.9 Å². The van der Waals surface area contributed by atoms with E-state index in [1.54, 1.807) is 4.57 Å². The molecule has 0 aliphatic carbocycles. The van der Waals surface area contributed by atoms with Crippen LogP contribution in [0.5, 0.6) is 0 Å². The summed E-state index contributed by atoms with van der Waals surface area (Å²) >= 11 is 3.43. The van der Waals surface area contributed by atoms with E-state index in [0.717, 1.165) is 15.9 Å². The summed E-state index contributed by atoms with van der Waals surface area (Å²) in [5, 5.41) is 0. The van der Waals surface area contributed by atoms with Gasteiger partial charge in [0.15, 0.2) is 0 Å². The minimum absolute atomic E-state index is 0.212. The molecule has 0 bridgehead atoms. The summed E-state index contributed by atoms with van der Waals surface area (Å²) in [6.07, 6.45) is 0. The SMILES string of the molecule is Cc1nc(=O)n(CCOCC(C)C)c(C)c1Br. The number of hydrogen-bond donors (Lipinski definition) is 0. The van der Waals surface area contributed by atoms with Gasteiger partial charge in [0.25, 0.3) is 0 Å². The molecule has 0 amide bonds. The molecule has 96 valence electrons. The smallest absolute Gasteiger partial charge is 0.348 e. The van der Waals surface area contributed by atoms with Gasteiger partial charge in [0.05, 0.1) is 23.3 Å². The van der Waals surface area contributed by atoms with Crippen LogP contribution in [0.4, 0.5) is 0 Å². The van der Waals surface area contributed by atoms with E-state index in [-0.39, 0.29) is 5.69 Å². The summed E-state index contributed by atoms with van der Waals surface area (Å²) in [5.41, 5.74) is 1.42. The van der Waals surface area contributed by atoms with Gasteiger partial charge >= 0.3 is 5.69 Å². The van der Waals surface area contributed by atoms with Gasteiger partial charge in [-0.3, -0.25) is 4.57 Å². The van der Waals surface area contributed by atoms with E-state index >= 15 is 0 Å². The van der Waals surface area contributed by atoms with Crippen molar-refractivity contribution < 1.29 is 4.74 Å². The highest BCUT2D eigenvalue weighted by Gasteiger charge is 2.08. The molecule has 0 saturated carbocycles. The third kappa shape index (κ3) is 3.92. The van der Waals surface area contributed by atoms with E-state index in [1.807, 2.05) is 13.8 Å². The number of rotatable bonds is 5. The Kier molecular flexibility index (Phi) is 5.33. The first-order valence-electron chi connectivity index (χ1n) is 5.74. The zero-order valence-electron chi connectivity index (χ0n) is 10.8. The minimum Gasteiger partial charge on any atom is -0.379 e. The van der Waals surface area contributed by atoms with Gasteiger partial charge in [0.1, 0.15) is 0 Å². The maximum Gasteiger partial charge on any atom is 0.348 e. The summed E-state index contributed by atoms with van der Waals surface area (Å²) in [5.74, 6) is 0.510. The number of aromatic nitrogens is 2. The Morgan fingerprint density at radius 1 is 1.41 bits per heavy atom. The molecule has 0 atom stereocenters. The van der Waals surface area contributed by atoms with Crippen LogP contribution in [0, 0.1) is 19.8 Å². The lowest BCUT2D eigenvalue weighted by atomic mass is 10.2. The van der Waals surface area contributed by atoms with Crippen molar-refractivity contribution in [1.82, 2.24) is 9.55 Å². The number of halogens is 1. The molecule has 0 fully saturated rings. The highest BCUT2D eigenvalue weighted by molar-refractivity contribution is 9.10. The second-order valence-corrected chi connectivity index (χ2v) is 5.29. The van der Waals surface area contributed by atoms with E-state index in [4.69, 9.17) is 4.74 Å². The fourth-order valence-corrected chi connectivity index (χ4v) is 1.82. The van der Waals surface area contributed by atoms with Crippen LogP contribution in [0.3, 0.4) is 0 Å². The van der Waals surface area contributed by atoms with Gasteiger partial charge in [-0.05, 0) is 35.7 Å². The third-order valence-electron chi connectivity index (χ3n) is 2.44. The number of ether oxygens (including phenoxy) is 1. The van der Waals surface area contributed by atoms with E-state index < -0.39 is 0 Å². The van der Waals surface area contributed by atoms with Crippen LogP contribution >= 0.6 is 15.9 Å². The fourth-order valence-electron chi connectivity index (χ4n) is 1.51. The lowest BCUT2D eigenvalue weighted by Gasteiger charge is -2.12. The summed E-state index contributed by atoms with van der Waals surface area (Å²) < 4.78 is 8.00. The lowest BCUT2D eigenvalue weighted by Crippen LogP contribution is -2.28. The molecule has 0 saturated heterocycles. The topological polar surface area (TPSA) is 44.1 Å². The largest absolute Gasteiger partial charge is 0.379 e. The molecule has 17 heavy (non-hydrogen) atoms. The van der Waals surface area contributed by atoms with Crippen LogP contribution in [-0.4, -0.2) is 22.8 Å². The Hall–Kier alpha value is -0.680. The minimum atomic E-state index is -0.212. The number of nitrogens with zero attached hydrogens (tertiary/aromatic N) is 2. The van der Waals surface area contributed by atoms with Crippen molar-refractivity contribution in [3.8, 4) is 0 Å². The molecule has 4 nitrogen and oxygen atoms in total. The maximum absolute atomic E-state index is 11.7. The second kappa shape index (κ2) is 6.31. The predicted molar refractivity (Wildman–Crippen MR) is 71.3 cm³/mol. The molecule has 0 aromatic carbocycles. The Morgan fingerprint density at radius 3 is 2.65 bits per heavy atom. The quantitative estimate of drug-likeness (QED) is 0.784. The molecular weight excluding hydrogens is 284 g/mol. The molecule has 1 aromatic heterocycles. The summed E-state index contributed by atoms with van der Waals surface area (Å²) in [6.45, 7) is 9.72. The van der Waals surface area contributed by atoms with Gasteiger partial charge in [-0.15, -0.1) is 0 Å². The van der Waals surface area contributed by atoms with Crippen LogP contribution in [-0.2, 0) is 11.3 Å². The Balaban J connectivity index is 2.72. The standard InChI is InChI=1S/C12H19BrN2O2/c1-8(2)7-17-6-5-15-10(4)11(13)9(3)14-12(15)16/h8H,5-7H2,1-4H3. The maximum atomic E-state index is 11.7. The summed E-state index contributed by atoms with van der Waals surface area (Å²) in [4.78, 5) is 15.7. The summed E-state index contributed by atoms with van der Waals surface area (Å²) in [7, 11) is 0. The first kappa shape index (κ1) is 14.4. The highest BCUT2D eigenvalue weighted by Crippen LogP contribution is 2.16. The van der Waals surface area contributed by atoms with Crippen molar-refractivity contribution in [2.24, 2.45) is 5.92 Å². The molecular formula is C12H19BrN2O2. The van der Waals surface area contributed by atoms with Crippen molar-refractivity contribution in [2.75, 3.05) is 13.2 Å². The molecule has 1 aromatic rings. The molecule has 0 N–H and O–H groups in total. The van der Waals surface area contributed by atoms with Crippen molar-refractivity contribution in [3.05, 3.63) is 26.3 Å². The monoisotopic (exact) mass is 302 g/mol. The Labute approximate surface area is 110 Å². The van der Waals surface area contributed by atoms with E-state index in [9.17, 15) is 4.79 Å². The van der Waals surface area contributed by atoms with Crippen molar-refractivity contribution in [2.45, 2.75) is 34.2 Å². The van der Waals surface area contributed by atoms with Crippen LogP contribution in [0.2, 0.25) is 0 Å². The molecule has 0 aliphatic heterocycles. The zero-order valence-corrected chi connectivity index (χ0v) is 12.4. The molecule has 5 heteroatoms.